The molecular formula is C23H30FN3O2S. The molecule has 0 saturated heterocycles. The van der Waals surface area contributed by atoms with Gasteiger partial charge in [0.15, 0.2) is 15.8 Å². The van der Waals surface area contributed by atoms with Crippen LogP contribution >= 0.6 is 0 Å². The van der Waals surface area contributed by atoms with Crippen LogP contribution in [0.2, 0.25) is 0 Å². The molecule has 1 fully saturated rings. The molecule has 1 saturated carbocycles. The van der Waals surface area contributed by atoms with E-state index in [1.54, 1.807) is 7.05 Å². The fraction of sp³-hybridized carbons (Fsp3) is 0.435. The van der Waals surface area contributed by atoms with Gasteiger partial charge in [-0.1, -0.05) is 44.2 Å². The summed E-state index contributed by atoms with van der Waals surface area (Å²) in [4.78, 5) is 4.26. The minimum Gasteiger partial charge on any atom is -0.353 e. The van der Waals surface area contributed by atoms with E-state index in [4.69, 9.17) is 0 Å². The van der Waals surface area contributed by atoms with Crippen molar-refractivity contribution in [2.24, 2.45) is 4.99 Å². The summed E-state index contributed by atoms with van der Waals surface area (Å²) in [7, 11) is -1.52. The molecular weight excluding hydrogens is 401 g/mol. The van der Waals surface area contributed by atoms with Crippen molar-refractivity contribution in [1.29, 1.82) is 0 Å². The van der Waals surface area contributed by atoms with Crippen LogP contribution in [-0.4, -0.2) is 33.7 Å². The number of aliphatic imine (C=N–C) groups is 1. The van der Waals surface area contributed by atoms with Crippen LogP contribution in [0.25, 0.3) is 0 Å². The third-order valence-corrected chi connectivity index (χ3v) is 6.24. The SMILES string of the molecule is CN=C(NCc1cc(F)ccc1CS(C)(=O)=O)NC1CC1c1ccc(C(C)C)cc1. The summed E-state index contributed by atoms with van der Waals surface area (Å²) in [5, 5.41) is 6.59. The fourth-order valence-corrected chi connectivity index (χ4v) is 4.43. The second-order valence-electron chi connectivity index (χ2n) is 8.32. The molecule has 2 atom stereocenters. The summed E-state index contributed by atoms with van der Waals surface area (Å²) in [6.07, 6.45) is 2.20. The Morgan fingerprint density at radius 2 is 1.87 bits per heavy atom. The molecule has 162 valence electrons. The lowest BCUT2D eigenvalue weighted by atomic mass is 10.0. The van der Waals surface area contributed by atoms with Gasteiger partial charge in [0, 0.05) is 31.8 Å². The molecule has 0 aliphatic heterocycles. The third-order valence-electron chi connectivity index (χ3n) is 5.40. The van der Waals surface area contributed by atoms with Crippen molar-refractivity contribution < 1.29 is 12.8 Å². The topological polar surface area (TPSA) is 70.6 Å². The number of sulfone groups is 1. The van der Waals surface area contributed by atoms with E-state index in [0.717, 1.165) is 6.42 Å². The van der Waals surface area contributed by atoms with Crippen LogP contribution < -0.4 is 10.6 Å². The van der Waals surface area contributed by atoms with Gasteiger partial charge in [0.25, 0.3) is 0 Å². The number of nitrogens with one attached hydrogen (secondary N) is 2. The van der Waals surface area contributed by atoms with Crippen LogP contribution in [0.3, 0.4) is 0 Å². The molecule has 3 rings (SSSR count). The molecule has 0 radical (unpaired) electrons. The highest BCUT2D eigenvalue weighted by Gasteiger charge is 2.39. The molecule has 2 unspecified atom stereocenters. The molecule has 2 aromatic rings. The fourth-order valence-electron chi connectivity index (χ4n) is 3.58. The quantitative estimate of drug-likeness (QED) is 0.518. The molecule has 0 bridgehead atoms. The standard InChI is InChI=1S/C23H30FN3O2S/c1-15(2)16-5-7-17(8-6-16)21-12-22(21)27-23(25-3)26-13-19-11-20(24)10-9-18(19)14-30(4,28)29/h5-11,15,21-22H,12-14H2,1-4H3,(H2,25,26,27). The molecule has 30 heavy (non-hydrogen) atoms. The number of halogens is 1. The molecule has 2 N–H and O–H groups in total. The van der Waals surface area contributed by atoms with Gasteiger partial charge >= 0.3 is 0 Å². The van der Waals surface area contributed by atoms with Crippen molar-refractivity contribution in [3.63, 3.8) is 0 Å². The Morgan fingerprint density at radius 3 is 2.47 bits per heavy atom. The van der Waals surface area contributed by atoms with Crippen LogP contribution in [0.15, 0.2) is 47.5 Å². The van der Waals surface area contributed by atoms with E-state index in [0.29, 0.717) is 41.5 Å². The minimum absolute atomic E-state index is 0.118. The van der Waals surface area contributed by atoms with Crippen LogP contribution in [0.1, 0.15) is 54.4 Å². The number of hydrogen-bond donors (Lipinski definition) is 2. The maximum absolute atomic E-state index is 13.7. The Balaban J connectivity index is 1.59. The Morgan fingerprint density at radius 1 is 1.17 bits per heavy atom. The third kappa shape index (κ3) is 6.05. The average Bonchev–Trinajstić information content (AvgIpc) is 3.45. The molecule has 0 amide bonds. The van der Waals surface area contributed by atoms with Crippen LogP contribution in [0, 0.1) is 5.82 Å². The largest absolute Gasteiger partial charge is 0.353 e. The van der Waals surface area contributed by atoms with E-state index in [2.05, 4.69) is 53.7 Å². The summed E-state index contributed by atoms with van der Waals surface area (Å²) in [5.41, 5.74) is 3.85. The number of rotatable bonds is 7. The zero-order valence-corrected chi connectivity index (χ0v) is 18.8. The first-order chi connectivity index (χ1) is 14.2. The number of benzene rings is 2. The first-order valence-electron chi connectivity index (χ1n) is 10.2. The van der Waals surface area contributed by atoms with Gasteiger partial charge in [0.1, 0.15) is 5.82 Å². The molecule has 2 aromatic carbocycles. The number of nitrogens with zero attached hydrogens (tertiary/aromatic N) is 1. The molecule has 1 aliphatic carbocycles. The zero-order valence-electron chi connectivity index (χ0n) is 17.9. The van der Waals surface area contributed by atoms with Gasteiger partial charge in [-0.15, -0.1) is 0 Å². The Kier molecular flexibility index (Phi) is 6.81. The van der Waals surface area contributed by atoms with E-state index >= 15 is 0 Å². The van der Waals surface area contributed by atoms with Crippen molar-refractivity contribution in [2.75, 3.05) is 13.3 Å². The maximum atomic E-state index is 13.7. The summed E-state index contributed by atoms with van der Waals surface area (Å²) in [5.74, 6) is 1.08. The van der Waals surface area contributed by atoms with Crippen molar-refractivity contribution in [1.82, 2.24) is 10.6 Å². The highest BCUT2D eigenvalue weighted by molar-refractivity contribution is 7.89. The van der Waals surface area contributed by atoms with Gasteiger partial charge in [-0.2, -0.15) is 0 Å². The molecule has 0 aromatic heterocycles. The minimum atomic E-state index is -3.21. The molecule has 7 heteroatoms. The van der Waals surface area contributed by atoms with Crippen molar-refractivity contribution in [3.05, 3.63) is 70.5 Å². The lowest BCUT2D eigenvalue weighted by Crippen LogP contribution is -2.38. The lowest BCUT2D eigenvalue weighted by molar-refractivity contribution is 0.599. The highest BCUT2D eigenvalue weighted by atomic mass is 32.2. The van der Waals surface area contributed by atoms with E-state index in [1.165, 1.54) is 35.6 Å². The smallest absolute Gasteiger partial charge is 0.191 e. The number of hydrogen-bond acceptors (Lipinski definition) is 3. The summed E-state index contributed by atoms with van der Waals surface area (Å²) < 4.78 is 37.0. The van der Waals surface area contributed by atoms with Crippen LogP contribution in [0.5, 0.6) is 0 Å². The normalized spacial score (nSPS) is 19.1. The second-order valence-corrected chi connectivity index (χ2v) is 10.5. The predicted octanol–water partition coefficient (Wildman–Crippen LogP) is 3.71. The van der Waals surface area contributed by atoms with Crippen molar-refractivity contribution in [3.8, 4) is 0 Å². The monoisotopic (exact) mass is 431 g/mol. The van der Waals surface area contributed by atoms with Gasteiger partial charge in [0.05, 0.1) is 5.75 Å². The zero-order chi connectivity index (χ0) is 21.9. The Labute approximate surface area is 178 Å². The Hall–Kier alpha value is -2.41. The lowest BCUT2D eigenvalue weighted by Gasteiger charge is -2.14. The summed E-state index contributed by atoms with van der Waals surface area (Å²) >= 11 is 0. The van der Waals surface area contributed by atoms with E-state index in [9.17, 15) is 12.8 Å². The van der Waals surface area contributed by atoms with Gasteiger partial charge in [0.2, 0.25) is 0 Å². The number of guanidine groups is 1. The van der Waals surface area contributed by atoms with Crippen LogP contribution in [-0.2, 0) is 22.1 Å². The van der Waals surface area contributed by atoms with Gasteiger partial charge < -0.3 is 10.6 Å². The van der Waals surface area contributed by atoms with E-state index in [-0.39, 0.29) is 11.6 Å². The first-order valence-corrected chi connectivity index (χ1v) is 12.2. The van der Waals surface area contributed by atoms with Gasteiger partial charge in [-0.3, -0.25) is 4.99 Å². The summed E-state index contributed by atoms with van der Waals surface area (Å²) in [6.45, 7) is 4.67. The van der Waals surface area contributed by atoms with Crippen molar-refractivity contribution >= 4 is 15.8 Å². The van der Waals surface area contributed by atoms with Gasteiger partial charge in [-0.05, 0) is 46.7 Å². The van der Waals surface area contributed by atoms with E-state index < -0.39 is 9.84 Å². The molecule has 0 spiro atoms. The first kappa shape index (κ1) is 22.3. The highest BCUT2D eigenvalue weighted by Crippen LogP contribution is 2.41. The van der Waals surface area contributed by atoms with Crippen molar-refractivity contribution in [2.45, 2.75) is 50.4 Å². The molecule has 5 nitrogen and oxygen atoms in total. The predicted molar refractivity (Wildman–Crippen MR) is 120 cm³/mol. The van der Waals surface area contributed by atoms with Crippen LogP contribution in [0.4, 0.5) is 4.39 Å². The van der Waals surface area contributed by atoms with Gasteiger partial charge in [-0.25, -0.2) is 12.8 Å². The second kappa shape index (κ2) is 9.16. The van der Waals surface area contributed by atoms with E-state index in [1.807, 2.05) is 0 Å². The maximum Gasteiger partial charge on any atom is 0.191 e. The molecule has 1 aliphatic rings. The Bertz CT molecular complexity index is 1020. The molecule has 0 heterocycles. The average molecular weight is 432 g/mol. The summed E-state index contributed by atoms with van der Waals surface area (Å²) in [6, 6.07) is 13.3.